The third kappa shape index (κ3) is 4.75. The third-order valence-electron chi connectivity index (χ3n) is 4.24. The molecule has 0 spiro atoms. The molecule has 0 atom stereocenters. The molecule has 0 aliphatic carbocycles. The molecule has 4 rings (SSSR count). The summed E-state index contributed by atoms with van der Waals surface area (Å²) in [5, 5.41) is 14.5. The summed E-state index contributed by atoms with van der Waals surface area (Å²) in [6.07, 6.45) is 2.41. The van der Waals surface area contributed by atoms with Gasteiger partial charge in [-0.05, 0) is 23.8 Å². The van der Waals surface area contributed by atoms with Crippen molar-refractivity contribution in [2.45, 2.75) is 23.9 Å². The summed E-state index contributed by atoms with van der Waals surface area (Å²) < 4.78 is 7.33. The molecule has 0 bridgehead atoms. The van der Waals surface area contributed by atoms with E-state index in [1.807, 2.05) is 41.0 Å². The fraction of sp³-hybridized carbons (Fsp3) is 0.143. The zero-order chi connectivity index (χ0) is 20.9. The molecule has 6 nitrogen and oxygen atoms in total. The van der Waals surface area contributed by atoms with Crippen molar-refractivity contribution in [3.8, 4) is 11.4 Å². The zero-order valence-corrected chi connectivity index (χ0v) is 18.2. The van der Waals surface area contributed by atoms with Crippen LogP contribution in [0.5, 0.6) is 0 Å². The second-order valence-electron chi connectivity index (χ2n) is 6.39. The van der Waals surface area contributed by atoms with Gasteiger partial charge in [0.05, 0.1) is 10.8 Å². The number of allylic oxidation sites excluding steroid dienone is 1. The van der Waals surface area contributed by atoms with Gasteiger partial charge in [-0.1, -0.05) is 76.5 Å². The number of rotatable bonds is 8. The fourth-order valence-corrected chi connectivity index (χ4v) is 4.16. The number of halogens is 2. The van der Waals surface area contributed by atoms with Crippen LogP contribution in [0.3, 0.4) is 0 Å². The number of nitrogens with zero attached hydrogens (tertiary/aromatic N) is 5. The van der Waals surface area contributed by atoms with Crippen LogP contribution < -0.4 is 0 Å². The molecule has 2 aromatic heterocycles. The normalized spacial score (nSPS) is 11.0. The summed E-state index contributed by atoms with van der Waals surface area (Å²) in [6.45, 7) is 4.36. The average molecular weight is 458 g/mol. The van der Waals surface area contributed by atoms with E-state index in [1.165, 1.54) is 11.8 Å². The summed E-state index contributed by atoms with van der Waals surface area (Å²) in [6, 6.07) is 15.3. The van der Waals surface area contributed by atoms with E-state index in [0.29, 0.717) is 51.5 Å². The van der Waals surface area contributed by atoms with Crippen LogP contribution in [0.4, 0.5) is 0 Å². The summed E-state index contributed by atoms with van der Waals surface area (Å²) in [4.78, 5) is 4.47. The molecule has 0 N–H and O–H groups in total. The molecular formula is C21H17Cl2N5OS. The first-order chi connectivity index (χ1) is 14.6. The van der Waals surface area contributed by atoms with Gasteiger partial charge >= 0.3 is 0 Å². The minimum atomic E-state index is 0.478. The van der Waals surface area contributed by atoms with Gasteiger partial charge in [-0.3, -0.25) is 4.57 Å². The second-order valence-corrected chi connectivity index (χ2v) is 8.17. The highest BCUT2D eigenvalue weighted by atomic mass is 35.5. The molecule has 2 heterocycles. The number of benzene rings is 2. The Labute approximate surface area is 187 Å². The van der Waals surface area contributed by atoms with Crippen LogP contribution in [0.2, 0.25) is 10.0 Å². The first kappa shape index (κ1) is 20.7. The molecule has 0 aliphatic rings. The van der Waals surface area contributed by atoms with Gasteiger partial charge in [-0.15, -0.1) is 16.8 Å². The van der Waals surface area contributed by atoms with Crippen LogP contribution in [0.25, 0.3) is 11.4 Å². The summed E-state index contributed by atoms with van der Waals surface area (Å²) in [5.74, 6) is 2.31. The molecule has 0 fully saturated rings. The summed E-state index contributed by atoms with van der Waals surface area (Å²) in [5.41, 5.74) is 1.89. The predicted octanol–water partition coefficient (Wildman–Crippen LogP) is 5.70. The van der Waals surface area contributed by atoms with Gasteiger partial charge in [-0.25, -0.2) is 0 Å². The highest BCUT2D eigenvalue weighted by molar-refractivity contribution is 7.98. The zero-order valence-electron chi connectivity index (χ0n) is 15.8. The minimum absolute atomic E-state index is 0.478. The quantitative estimate of drug-likeness (QED) is 0.249. The summed E-state index contributed by atoms with van der Waals surface area (Å²) in [7, 11) is 0. The lowest BCUT2D eigenvalue weighted by atomic mass is 10.1. The summed E-state index contributed by atoms with van der Waals surface area (Å²) >= 11 is 13.8. The third-order valence-corrected chi connectivity index (χ3v) is 5.74. The Hall–Kier alpha value is -2.61. The molecule has 0 aliphatic heterocycles. The second kappa shape index (κ2) is 9.47. The van der Waals surface area contributed by atoms with E-state index >= 15 is 0 Å². The van der Waals surface area contributed by atoms with Crippen LogP contribution in [0, 0.1) is 0 Å². The molecule has 0 amide bonds. The molecule has 0 unspecified atom stereocenters. The van der Waals surface area contributed by atoms with Crippen molar-refractivity contribution < 1.29 is 4.52 Å². The Bertz CT molecular complexity index is 1160. The van der Waals surface area contributed by atoms with Crippen LogP contribution in [0.15, 0.2) is 70.9 Å². The SMILES string of the molecule is C=CCn1c(SCc2nc(Cc3ccccc3)no2)nnc1-c1ccc(Cl)cc1Cl. The van der Waals surface area contributed by atoms with E-state index < -0.39 is 0 Å². The van der Waals surface area contributed by atoms with Crippen molar-refractivity contribution >= 4 is 35.0 Å². The van der Waals surface area contributed by atoms with Crippen molar-refractivity contribution in [2.75, 3.05) is 0 Å². The fourth-order valence-electron chi connectivity index (χ4n) is 2.88. The number of hydrogen-bond acceptors (Lipinski definition) is 6. The van der Waals surface area contributed by atoms with Gasteiger partial charge in [0.2, 0.25) is 5.89 Å². The van der Waals surface area contributed by atoms with E-state index in [1.54, 1.807) is 18.2 Å². The largest absolute Gasteiger partial charge is 0.338 e. The number of thioether (sulfide) groups is 1. The Morgan fingerprint density at radius 2 is 1.93 bits per heavy atom. The van der Waals surface area contributed by atoms with Gasteiger partial charge < -0.3 is 4.52 Å². The molecule has 30 heavy (non-hydrogen) atoms. The number of aromatic nitrogens is 5. The molecule has 0 saturated carbocycles. The van der Waals surface area contributed by atoms with E-state index in [9.17, 15) is 0 Å². The smallest absolute Gasteiger partial charge is 0.237 e. The van der Waals surface area contributed by atoms with Crippen LogP contribution in [-0.4, -0.2) is 24.9 Å². The maximum Gasteiger partial charge on any atom is 0.237 e. The Morgan fingerprint density at radius 3 is 2.70 bits per heavy atom. The molecular weight excluding hydrogens is 441 g/mol. The van der Waals surface area contributed by atoms with E-state index in [4.69, 9.17) is 27.7 Å². The van der Waals surface area contributed by atoms with Gasteiger partial charge in [0, 0.05) is 23.6 Å². The van der Waals surface area contributed by atoms with Gasteiger partial charge in [0.15, 0.2) is 16.8 Å². The van der Waals surface area contributed by atoms with Gasteiger partial charge in [0.25, 0.3) is 0 Å². The number of hydrogen-bond donors (Lipinski definition) is 0. The maximum atomic E-state index is 6.36. The van der Waals surface area contributed by atoms with Crippen molar-refractivity contribution in [1.82, 2.24) is 24.9 Å². The Balaban J connectivity index is 1.50. The highest BCUT2D eigenvalue weighted by Crippen LogP contribution is 2.32. The first-order valence-electron chi connectivity index (χ1n) is 9.11. The molecule has 4 aromatic rings. The molecule has 9 heteroatoms. The van der Waals surface area contributed by atoms with E-state index in [2.05, 4.69) is 26.9 Å². The van der Waals surface area contributed by atoms with Crippen LogP contribution in [0.1, 0.15) is 17.3 Å². The van der Waals surface area contributed by atoms with Crippen molar-refractivity contribution in [2.24, 2.45) is 0 Å². The van der Waals surface area contributed by atoms with Crippen molar-refractivity contribution in [3.63, 3.8) is 0 Å². The Kier molecular flexibility index (Phi) is 6.52. The van der Waals surface area contributed by atoms with Crippen molar-refractivity contribution in [1.29, 1.82) is 0 Å². The van der Waals surface area contributed by atoms with Gasteiger partial charge in [-0.2, -0.15) is 4.98 Å². The van der Waals surface area contributed by atoms with E-state index in [0.717, 1.165) is 11.1 Å². The lowest BCUT2D eigenvalue weighted by molar-refractivity contribution is 0.385. The minimum Gasteiger partial charge on any atom is -0.338 e. The lowest BCUT2D eigenvalue weighted by Crippen LogP contribution is -2.01. The van der Waals surface area contributed by atoms with Crippen LogP contribution >= 0.6 is 35.0 Å². The average Bonchev–Trinajstić information content (AvgIpc) is 3.35. The predicted molar refractivity (Wildman–Crippen MR) is 119 cm³/mol. The maximum absolute atomic E-state index is 6.36. The van der Waals surface area contributed by atoms with Crippen LogP contribution in [-0.2, 0) is 18.7 Å². The molecule has 2 aromatic carbocycles. The first-order valence-corrected chi connectivity index (χ1v) is 10.9. The van der Waals surface area contributed by atoms with E-state index in [-0.39, 0.29) is 0 Å². The monoisotopic (exact) mass is 457 g/mol. The molecule has 152 valence electrons. The van der Waals surface area contributed by atoms with Crippen molar-refractivity contribution in [3.05, 3.63) is 88.5 Å². The lowest BCUT2D eigenvalue weighted by Gasteiger charge is -2.08. The Morgan fingerprint density at radius 1 is 1.10 bits per heavy atom. The van der Waals surface area contributed by atoms with Gasteiger partial charge in [0.1, 0.15) is 0 Å². The highest BCUT2D eigenvalue weighted by Gasteiger charge is 2.17. The topological polar surface area (TPSA) is 69.6 Å². The molecule has 0 radical (unpaired) electrons. The standard InChI is InChI=1S/C21H17Cl2N5OS/c1-2-10-28-20(16-9-8-15(22)12-17(16)23)25-26-21(28)30-13-19-24-18(27-29-19)11-14-6-4-3-5-7-14/h2-9,12H,1,10-11,13H2. The molecule has 0 saturated heterocycles.